The number of methoxy groups -OCH3 is 1. The van der Waals surface area contributed by atoms with E-state index in [1.54, 1.807) is 7.11 Å². The van der Waals surface area contributed by atoms with Crippen LogP contribution in [-0.4, -0.2) is 30.4 Å². The van der Waals surface area contributed by atoms with Gasteiger partial charge in [0.1, 0.15) is 5.75 Å². The number of nitrogens with one attached hydrogen (secondary N) is 1. The van der Waals surface area contributed by atoms with Crippen LogP contribution in [-0.2, 0) is 12.8 Å². The van der Waals surface area contributed by atoms with E-state index in [4.69, 9.17) is 4.74 Å². The lowest BCUT2D eigenvalue weighted by Crippen LogP contribution is -2.50. The molecule has 2 N–H and O–H groups in total. The third-order valence-corrected chi connectivity index (χ3v) is 4.65. The molecule has 19 heavy (non-hydrogen) atoms. The molecule has 0 heterocycles. The number of aryl methyl sites for hydroxylation is 1. The van der Waals surface area contributed by atoms with Crippen LogP contribution in [0.5, 0.6) is 5.75 Å². The fourth-order valence-corrected chi connectivity index (χ4v) is 3.13. The Labute approximate surface area is 115 Å². The molecule has 1 unspecified atom stereocenters. The average Bonchev–Trinajstić information content (AvgIpc) is 2.42. The molecule has 1 atom stereocenters. The Balaban J connectivity index is 1.61. The molecule has 3 nitrogen and oxygen atoms in total. The van der Waals surface area contributed by atoms with Gasteiger partial charge in [0, 0.05) is 12.6 Å². The van der Waals surface area contributed by atoms with E-state index in [0.29, 0.717) is 6.04 Å². The van der Waals surface area contributed by atoms with Crippen LogP contribution in [0.25, 0.3) is 0 Å². The molecule has 2 aliphatic carbocycles. The number of ether oxygens (including phenoxy) is 1. The average molecular weight is 261 g/mol. The van der Waals surface area contributed by atoms with Gasteiger partial charge in [-0.15, -0.1) is 0 Å². The van der Waals surface area contributed by atoms with Crippen LogP contribution >= 0.6 is 0 Å². The van der Waals surface area contributed by atoms with E-state index in [2.05, 4.69) is 17.4 Å². The van der Waals surface area contributed by atoms with Crippen molar-refractivity contribution in [2.75, 3.05) is 13.7 Å². The molecule has 3 rings (SSSR count). The molecule has 0 spiro atoms. The standard InChI is InChI=1S/C16H23NO2/c1-19-15-6-4-12-3-5-14(9-13(12)10-15)17-11-16(18)7-2-8-16/h4,6,10,14,17-18H,2-3,5,7-9,11H2,1H3. The Morgan fingerprint density at radius 3 is 2.89 bits per heavy atom. The lowest BCUT2D eigenvalue weighted by Gasteiger charge is -2.38. The van der Waals surface area contributed by atoms with Gasteiger partial charge in [-0.1, -0.05) is 6.07 Å². The zero-order chi connectivity index (χ0) is 13.3. The van der Waals surface area contributed by atoms with Gasteiger partial charge in [-0.05, 0) is 61.8 Å². The van der Waals surface area contributed by atoms with E-state index in [1.165, 1.54) is 17.5 Å². The van der Waals surface area contributed by atoms with Crippen LogP contribution < -0.4 is 10.1 Å². The summed E-state index contributed by atoms with van der Waals surface area (Å²) >= 11 is 0. The van der Waals surface area contributed by atoms with Gasteiger partial charge in [-0.3, -0.25) is 0 Å². The fraction of sp³-hybridized carbons (Fsp3) is 0.625. The summed E-state index contributed by atoms with van der Waals surface area (Å²) in [6, 6.07) is 6.87. The summed E-state index contributed by atoms with van der Waals surface area (Å²) in [7, 11) is 1.71. The quantitative estimate of drug-likeness (QED) is 0.871. The monoisotopic (exact) mass is 261 g/mol. The highest BCUT2D eigenvalue weighted by Gasteiger charge is 2.34. The Hall–Kier alpha value is -1.06. The Bertz CT molecular complexity index is 454. The summed E-state index contributed by atoms with van der Waals surface area (Å²) in [5.74, 6) is 0.942. The number of hydrogen-bond acceptors (Lipinski definition) is 3. The van der Waals surface area contributed by atoms with Crippen molar-refractivity contribution < 1.29 is 9.84 Å². The lowest BCUT2D eigenvalue weighted by molar-refractivity contribution is -0.0334. The third kappa shape index (κ3) is 2.77. The molecule has 0 saturated heterocycles. The summed E-state index contributed by atoms with van der Waals surface area (Å²) in [4.78, 5) is 0. The van der Waals surface area contributed by atoms with E-state index in [0.717, 1.165) is 44.4 Å². The van der Waals surface area contributed by atoms with E-state index in [9.17, 15) is 5.11 Å². The highest BCUT2D eigenvalue weighted by Crippen LogP contribution is 2.31. The molecule has 104 valence electrons. The summed E-state index contributed by atoms with van der Waals surface area (Å²) in [6.45, 7) is 0.747. The Morgan fingerprint density at radius 1 is 1.37 bits per heavy atom. The second kappa shape index (κ2) is 5.14. The first kappa shape index (κ1) is 12.9. The van der Waals surface area contributed by atoms with Gasteiger partial charge in [0.2, 0.25) is 0 Å². The Kier molecular flexibility index (Phi) is 3.50. The SMILES string of the molecule is COc1ccc2c(c1)CC(NCC1(O)CCC1)CC2. The maximum absolute atomic E-state index is 10.1. The van der Waals surface area contributed by atoms with E-state index in [-0.39, 0.29) is 0 Å². The van der Waals surface area contributed by atoms with Crippen molar-refractivity contribution in [3.63, 3.8) is 0 Å². The molecule has 2 aliphatic rings. The molecular weight excluding hydrogens is 238 g/mol. The molecule has 1 saturated carbocycles. The smallest absolute Gasteiger partial charge is 0.119 e. The lowest BCUT2D eigenvalue weighted by atomic mass is 9.79. The van der Waals surface area contributed by atoms with Crippen molar-refractivity contribution in [1.82, 2.24) is 5.32 Å². The minimum Gasteiger partial charge on any atom is -0.497 e. The number of benzene rings is 1. The van der Waals surface area contributed by atoms with Crippen LogP contribution in [0.3, 0.4) is 0 Å². The summed E-state index contributed by atoms with van der Waals surface area (Å²) in [5.41, 5.74) is 2.42. The predicted molar refractivity (Wildman–Crippen MR) is 75.6 cm³/mol. The van der Waals surface area contributed by atoms with Gasteiger partial charge in [0.15, 0.2) is 0 Å². The largest absolute Gasteiger partial charge is 0.497 e. The maximum atomic E-state index is 10.1. The van der Waals surface area contributed by atoms with Crippen LogP contribution in [0.1, 0.15) is 36.8 Å². The molecule has 1 aromatic carbocycles. The van der Waals surface area contributed by atoms with E-state index >= 15 is 0 Å². The second-order valence-corrected chi connectivity index (χ2v) is 6.03. The van der Waals surface area contributed by atoms with Crippen molar-refractivity contribution in [2.24, 2.45) is 0 Å². The molecule has 0 bridgehead atoms. The van der Waals surface area contributed by atoms with Crippen LogP contribution in [0, 0.1) is 0 Å². The maximum Gasteiger partial charge on any atom is 0.119 e. The van der Waals surface area contributed by atoms with Crippen molar-refractivity contribution in [3.8, 4) is 5.75 Å². The minimum absolute atomic E-state index is 0.422. The molecule has 3 heteroatoms. The first-order chi connectivity index (χ1) is 9.18. The van der Waals surface area contributed by atoms with Crippen molar-refractivity contribution in [2.45, 2.75) is 50.2 Å². The second-order valence-electron chi connectivity index (χ2n) is 6.03. The summed E-state index contributed by atoms with van der Waals surface area (Å²) in [5, 5.41) is 13.7. The topological polar surface area (TPSA) is 41.5 Å². The van der Waals surface area contributed by atoms with Gasteiger partial charge < -0.3 is 15.2 Å². The van der Waals surface area contributed by atoms with Crippen molar-refractivity contribution in [3.05, 3.63) is 29.3 Å². The number of aliphatic hydroxyl groups is 1. The number of rotatable bonds is 4. The van der Waals surface area contributed by atoms with Crippen molar-refractivity contribution >= 4 is 0 Å². The molecule has 1 aromatic rings. The number of fused-ring (bicyclic) bond motifs is 1. The van der Waals surface area contributed by atoms with Gasteiger partial charge >= 0.3 is 0 Å². The predicted octanol–water partition coefficient (Wildman–Crippen LogP) is 2.06. The summed E-state index contributed by atoms with van der Waals surface area (Å²) < 4.78 is 5.30. The first-order valence-electron chi connectivity index (χ1n) is 7.30. The van der Waals surface area contributed by atoms with Crippen LogP contribution in [0.4, 0.5) is 0 Å². The normalized spacial score (nSPS) is 24.4. The minimum atomic E-state index is -0.422. The highest BCUT2D eigenvalue weighted by molar-refractivity contribution is 5.37. The van der Waals surface area contributed by atoms with Gasteiger partial charge in [-0.2, -0.15) is 0 Å². The Morgan fingerprint density at radius 2 is 2.21 bits per heavy atom. The zero-order valence-corrected chi connectivity index (χ0v) is 11.6. The van der Waals surface area contributed by atoms with Gasteiger partial charge in [0.25, 0.3) is 0 Å². The fourth-order valence-electron chi connectivity index (χ4n) is 3.13. The van der Waals surface area contributed by atoms with Gasteiger partial charge in [0.05, 0.1) is 12.7 Å². The first-order valence-corrected chi connectivity index (χ1v) is 7.30. The zero-order valence-electron chi connectivity index (χ0n) is 11.6. The van der Waals surface area contributed by atoms with Crippen LogP contribution in [0.15, 0.2) is 18.2 Å². The molecular formula is C16H23NO2. The van der Waals surface area contributed by atoms with Crippen LogP contribution in [0.2, 0.25) is 0 Å². The van der Waals surface area contributed by atoms with Gasteiger partial charge in [-0.25, -0.2) is 0 Å². The molecule has 1 fully saturated rings. The molecule has 0 radical (unpaired) electrons. The highest BCUT2D eigenvalue weighted by atomic mass is 16.5. The molecule has 0 aromatic heterocycles. The van der Waals surface area contributed by atoms with E-state index < -0.39 is 5.60 Å². The molecule has 0 amide bonds. The summed E-state index contributed by atoms with van der Waals surface area (Å²) in [6.07, 6.45) is 6.41. The third-order valence-electron chi connectivity index (χ3n) is 4.65. The molecule has 0 aliphatic heterocycles. The van der Waals surface area contributed by atoms with Crippen molar-refractivity contribution in [1.29, 1.82) is 0 Å². The number of hydrogen-bond donors (Lipinski definition) is 2. The van der Waals surface area contributed by atoms with E-state index in [1.807, 2.05) is 6.07 Å².